The molecule has 0 bridgehead atoms. The number of aromatic nitrogens is 3. The lowest BCUT2D eigenvalue weighted by Gasteiger charge is -2.34. The number of piperidine rings is 1. The first-order chi connectivity index (χ1) is 21.7. The van der Waals surface area contributed by atoms with E-state index >= 15 is 4.39 Å². The molecule has 1 fully saturated rings. The number of fused-ring (bicyclic) bond motifs is 1. The van der Waals surface area contributed by atoms with Crippen LogP contribution in [0.4, 0.5) is 10.3 Å². The minimum absolute atomic E-state index is 0.0659. The fourth-order valence-electron chi connectivity index (χ4n) is 6.47. The third-order valence-corrected chi connectivity index (χ3v) is 8.66. The molecule has 10 heteroatoms. The highest BCUT2D eigenvalue weighted by atomic mass is 19.1. The van der Waals surface area contributed by atoms with Crippen molar-refractivity contribution in [1.82, 2.24) is 19.4 Å². The number of likely N-dealkylation sites (tertiary alicyclic amines) is 1. The van der Waals surface area contributed by atoms with E-state index in [2.05, 4.69) is 26.8 Å². The fourth-order valence-corrected chi connectivity index (χ4v) is 6.47. The van der Waals surface area contributed by atoms with E-state index in [4.69, 9.17) is 10.5 Å². The first kappa shape index (κ1) is 32.5. The fraction of sp³-hybridized carbons (Fsp3) is 0.457. The predicted octanol–water partition coefficient (Wildman–Crippen LogP) is 5.04. The number of para-hydroxylation sites is 1. The number of halogens is 1. The van der Waals surface area contributed by atoms with Gasteiger partial charge in [-0.2, -0.15) is 0 Å². The zero-order valence-electron chi connectivity index (χ0n) is 26.5. The lowest BCUT2D eigenvalue weighted by Crippen LogP contribution is -2.42. The first-order valence-corrected chi connectivity index (χ1v) is 15.9. The Balaban J connectivity index is 1.21. The highest BCUT2D eigenvalue weighted by Gasteiger charge is 2.30. The van der Waals surface area contributed by atoms with Gasteiger partial charge in [-0.25, -0.2) is 14.4 Å². The van der Waals surface area contributed by atoms with Gasteiger partial charge in [-0.1, -0.05) is 36.4 Å². The van der Waals surface area contributed by atoms with E-state index in [1.54, 1.807) is 32.5 Å². The van der Waals surface area contributed by atoms with Gasteiger partial charge in [-0.3, -0.25) is 4.79 Å². The topological polar surface area (TPSA) is 119 Å². The quantitative estimate of drug-likeness (QED) is 0.180. The number of ether oxygens (including phenoxy) is 1. The number of aliphatic hydroxyl groups excluding tert-OH is 1. The summed E-state index contributed by atoms with van der Waals surface area (Å²) in [6.07, 6.45) is 6.52. The summed E-state index contributed by atoms with van der Waals surface area (Å²) in [4.78, 5) is 24.1. The second-order valence-electron chi connectivity index (χ2n) is 12.2. The number of aryl methyl sites for hydroxylation is 2. The largest absolute Gasteiger partial charge is 0.392 e. The number of nitrogens with one attached hydrogen (secondary N) is 1. The van der Waals surface area contributed by atoms with Crippen molar-refractivity contribution in [3.8, 4) is 11.1 Å². The lowest BCUT2D eigenvalue weighted by molar-refractivity contribution is -0.132. The Morgan fingerprint density at radius 1 is 1.18 bits per heavy atom. The summed E-state index contributed by atoms with van der Waals surface area (Å²) < 4.78 is 22.5. The van der Waals surface area contributed by atoms with Crippen LogP contribution in [0.3, 0.4) is 0 Å². The molecular formula is C35H45FN6O3. The summed E-state index contributed by atoms with van der Waals surface area (Å²) in [7, 11) is 1.68. The monoisotopic (exact) mass is 616 g/mol. The number of nitrogens with zero attached hydrogens (tertiary/aromatic N) is 4. The maximum absolute atomic E-state index is 15.1. The number of carbonyl (C=O) groups excluding carboxylic acids is 1. The Bertz CT molecular complexity index is 1570. The molecule has 3 atom stereocenters. The zero-order chi connectivity index (χ0) is 31.9. The summed E-state index contributed by atoms with van der Waals surface area (Å²) in [6, 6.07) is 13.1. The van der Waals surface area contributed by atoms with Gasteiger partial charge in [0.05, 0.1) is 11.6 Å². The predicted molar refractivity (Wildman–Crippen MR) is 176 cm³/mol. The maximum Gasteiger partial charge on any atom is 0.224 e. The summed E-state index contributed by atoms with van der Waals surface area (Å²) in [6.45, 7) is 6.76. The van der Waals surface area contributed by atoms with Crippen LogP contribution >= 0.6 is 0 Å². The molecule has 4 aromatic rings. The van der Waals surface area contributed by atoms with Gasteiger partial charge in [0.1, 0.15) is 5.82 Å². The van der Waals surface area contributed by atoms with Crippen molar-refractivity contribution in [2.24, 2.45) is 5.73 Å². The molecule has 240 valence electrons. The molecule has 1 unspecified atom stereocenters. The van der Waals surface area contributed by atoms with Crippen molar-refractivity contribution < 1.29 is 19.0 Å². The van der Waals surface area contributed by atoms with Gasteiger partial charge in [0.15, 0.2) is 0 Å². The number of benzene rings is 2. The Morgan fingerprint density at radius 2 is 1.93 bits per heavy atom. The molecule has 3 heterocycles. The van der Waals surface area contributed by atoms with Gasteiger partial charge in [0, 0.05) is 87.3 Å². The number of amides is 1. The van der Waals surface area contributed by atoms with E-state index in [1.807, 2.05) is 35.2 Å². The van der Waals surface area contributed by atoms with Gasteiger partial charge in [-0.05, 0) is 62.3 Å². The van der Waals surface area contributed by atoms with E-state index in [-0.39, 0.29) is 30.1 Å². The van der Waals surface area contributed by atoms with Crippen LogP contribution in [0.5, 0.6) is 0 Å². The van der Waals surface area contributed by atoms with Gasteiger partial charge < -0.3 is 30.4 Å². The van der Waals surface area contributed by atoms with Crippen molar-refractivity contribution in [1.29, 1.82) is 0 Å². The van der Waals surface area contributed by atoms with Crippen LogP contribution in [0.25, 0.3) is 22.0 Å². The molecule has 0 saturated carbocycles. The van der Waals surface area contributed by atoms with E-state index in [0.717, 1.165) is 52.6 Å². The van der Waals surface area contributed by atoms with Crippen molar-refractivity contribution in [3.63, 3.8) is 0 Å². The van der Waals surface area contributed by atoms with Gasteiger partial charge in [-0.15, -0.1) is 0 Å². The Hall–Kier alpha value is -3.86. The molecule has 5 rings (SSSR count). The molecule has 9 nitrogen and oxygen atoms in total. The van der Waals surface area contributed by atoms with E-state index < -0.39 is 6.10 Å². The number of rotatable bonds is 13. The van der Waals surface area contributed by atoms with E-state index in [1.165, 1.54) is 6.07 Å². The van der Waals surface area contributed by atoms with Crippen molar-refractivity contribution in [2.75, 3.05) is 38.7 Å². The van der Waals surface area contributed by atoms with E-state index in [9.17, 15) is 9.90 Å². The number of nitrogens with two attached hydrogens (primary N) is 1. The van der Waals surface area contributed by atoms with Crippen molar-refractivity contribution in [3.05, 3.63) is 77.5 Å². The Kier molecular flexibility index (Phi) is 10.8. The van der Waals surface area contributed by atoms with Gasteiger partial charge >= 0.3 is 0 Å². The molecule has 4 N–H and O–H groups in total. The molecule has 2 aromatic carbocycles. The van der Waals surface area contributed by atoms with Crippen molar-refractivity contribution >= 4 is 22.8 Å². The normalized spacial score (nSPS) is 16.6. The van der Waals surface area contributed by atoms with Crippen LogP contribution in [0.1, 0.15) is 55.3 Å². The standard InChI is InChI=1S/C35H45FN6O3/c1-23(43)19-38-35-39-20-28(21-40-35)26-12-10-25(11-13-26)17-29(37)18-32(44)41-14-5-7-27(22-41)33-24(2)30-8-4-9-31(36)34(30)42(33)15-6-16-45-3/h4,8-13,20-21,23,27,29,43H,5-7,14-19,22,37H2,1-3H3,(H,38,39,40)/t23-,27?,29-/m1/s1. The minimum Gasteiger partial charge on any atom is -0.392 e. The van der Waals surface area contributed by atoms with Crippen LogP contribution in [0, 0.1) is 12.7 Å². The minimum atomic E-state index is -0.481. The van der Waals surface area contributed by atoms with Gasteiger partial charge in [0.2, 0.25) is 11.9 Å². The average Bonchev–Trinajstić information content (AvgIpc) is 3.33. The molecule has 1 aliphatic heterocycles. The zero-order valence-corrected chi connectivity index (χ0v) is 26.5. The summed E-state index contributed by atoms with van der Waals surface area (Å²) in [5.74, 6) is 0.457. The molecule has 0 radical (unpaired) electrons. The molecule has 0 aliphatic carbocycles. The van der Waals surface area contributed by atoms with Crippen LogP contribution in [-0.4, -0.2) is 75.9 Å². The Morgan fingerprint density at radius 3 is 2.64 bits per heavy atom. The number of methoxy groups -OCH3 is 1. The smallest absolute Gasteiger partial charge is 0.224 e. The number of carbonyl (C=O) groups is 1. The molecule has 1 amide bonds. The maximum atomic E-state index is 15.1. The SMILES string of the molecule is COCCCn1c(C2CCCN(C(=O)C[C@H](N)Cc3ccc(-c4cnc(NC[C@@H](C)O)nc4)cc3)C2)c(C)c2cccc(F)c21. The second-order valence-corrected chi connectivity index (χ2v) is 12.2. The molecule has 0 spiro atoms. The molecule has 2 aromatic heterocycles. The van der Waals surface area contributed by atoms with Crippen LogP contribution < -0.4 is 11.1 Å². The summed E-state index contributed by atoms with van der Waals surface area (Å²) in [5, 5.41) is 13.3. The third-order valence-electron chi connectivity index (χ3n) is 8.66. The number of hydrogen-bond donors (Lipinski definition) is 3. The van der Waals surface area contributed by atoms with Crippen LogP contribution in [0.2, 0.25) is 0 Å². The molecule has 45 heavy (non-hydrogen) atoms. The van der Waals surface area contributed by atoms with Crippen molar-refractivity contribution in [2.45, 2.75) is 70.6 Å². The summed E-state index contributed by atoms with van der Waals surface area (Å²) in [5.41, 5.74) is 12.3. The highest BCUT2D eigenvalue weighted by molar-refractivity contribution is 5.86. The Labute approximate surface area is 264 Å². The molecular weight excluding hydrogens is 571 g/mol. The van der Waals surface area contributed by atoms with Gasteiger partial charge in [0.25, 0.3) is 0 Å². The number of anilines is 1. The highest BCUT2D eigenvalue weighted by Crippen LogP contribution is 2.37. The van der Waals surface area contributed by atoms with Crippen LogP contribution in [0.15, 0.2) is 54.9 Å². The number of aliphatic hydroxyl groups is 1. The summed E-state index contributed by atoms with van der Waals surface area (Å²) >= 11 is 0. The van der Waals surface area contributed by atoms with E-state index in [0.29, 0.717) is 50.7 Å². The average molecular weight is 617 g/mol. The third kappa shape index (κ3) is 7.87. The second kappa shape index (κ2) is 14.9. The molecule has 1 saturated heterocycles. The first-order valence-electron chi connectivity index (χ1n) is 15.9. The van der Waals surface area contributed by atoms with Crippen LogP contribution in [-0.2, 0) is 22.5 Å². The lowest BCUT2D eigenvalue weighted by atomic mass is 9.91. The number of hydrogen-bond acceptors (Lipinski definition) is 7. The molecule has 1 aliphatic rings.